The third-order valence-electron chi connectivity index (χ3n) is 6.57. The first-order valence-corrected chi connectivity index (χ1v) is 10.4. The van der Waals surface area contributed by atoms with Gasteiger partial charge in [-0.3, -0.25) is 19.2 Å². The molecule has 3 aliphatic rings. The van der Waals surface area contributed by atoms with Gasteiger partial charge in [-0.25, -0.2) is 0 Å². The van der Waals surface area contributed by atoms with Crippen LogP contribution < -0.4 is 10.9 Å². The Kier molecular flexibility index (Phi) is 5.19. The van der Waals surface area contributed by atoms with Crippen LogP contribution in [0, 0.1) is 18.8 Å². The van der Waals surface area contributed by atoms with Crippen LogP contribution in [0.5, 0.6) is 0 Å². The highest BCUT2D eigenvalue weighted by Crippen LogP contribution is 2.41. The van der Waals surface area contributed by atoms with Crippen molar-refractivity contribution in [1.29, 1.82) is 0 Å². The molecule has 1 aromatic rings. The fourth-order valence-electron chi connectivity index (χ4n) is 5.44. The van der Waals surface area contributed by atoms with Gasteiger partial charge in [0.05, 0.1) is 6.04 Å². The van der Waals surface area contributed by atoms with Crippen LogP contribution in [0.2, 0.25) is 0 Å². The van der Waals surface area contributed by atoms with E-state index >= 15 is 0 Å². The molecule has 1 aromatic heterocycles. The van der Waals surface area contributed by atoms with Crippen molar-refractivity contribution in [2.45, 2.75) is 51.6 Å². The molecule has 3 aliphatic heterocycles. The minimum atomic E-state index is -0.279. The summed E-state index contributed by atoms with van der Waals surface area (Å²) in [6, 6.07) is 3.08. The number of hydrogen-bond acceptors (Lipinski definition) is 4. The molecule has 0 aliphatic carbocycles. The van der Waals surface area contributed by atoms with Gasteiger partial charge in [-0.15, -0.1) is 0 Å². The van der Waals surface area contributed by atoms with Crippen molar-refractivity contribution in [3.63, 3.8) is 0 Å². The lowest BCUT2D eigenvalue weighted by Gasteiger charge is -2.56. The van der Waals surface area contributed by atoms with E-state index in [9.17, 15) is 19.2 Å². The first kappa shape index (κ1) is 19.7. The average molecular weight is 400 g/mol. The Morgan fingerprint density at radius 1 is 1.21 bits per heavy atom. The number of carbonyl (C=O) groups is 3. The number of H-pyrrole nitrogens is 1. The van der Waals surface area contributed by atoms with E-state index in [1.807, 2.05) is 9.80 Å². The highest BCUT2D eigenvalue weighted by atomic mass is 16.2. The molecule has 0 spiro atoms. The van der Waals surface area contributed by atoms with Gasteiger partial charge in [0.15, 0.2) is 0 Å². The van der Waals surface area contributed by atoms with E-state index in [-0.39, 0.29) is 47.2 Å². The summed E-state index contributed by atoms with van der Waals surface area (Å²) in [7, 11) is 0. The summed E-state index contributed by atoms with van der Waals surface area (Å²) in [5.74, 6) is 0.263. The van der Waals surface area contributed by atoms with Gasteiger partial charge in [0.1, 0.15) is 0 Å². The van der Waals surface area contributed by atoms with Gasteiger partial charge in [0.2, 0.25) is 17.4 Å². The van der Waals surface area contributed by atoms with E-state index in [4.69, 9.17) is 0 Å². The van der Waals surface area contributed by atoms with Crippen molar-refractivity contribution in [2.75, 3.05) is 19.6 Å². The fraction of sp³-hybridized carbons (Fsp3) is 0.619. The molecule has 0 radical (unpaired) electrons. The summed E-state index contributed by atoms with van der Waals surface area (Å²) in [5, 5.41) is 2.88. The van der Waals surface area contributed by atoms with E-state index in [1.54, 1.807) is 13.0 Å². The normalized spacial score (nSPS) is 28.7. The number of aryl methyl sites for hydroxylation is 1. The van der Waals surface area contributed by atoms with Crippen LogP contribution in [-0.4, -0.2) is 64.2 Å². The van der Waals surface area contributed by atoms with Crippen LogP contribution in [0.1, 0.15) is 48.7 Å². The van der Waals surface area contributed by atoms with Gasteiger partial charge in [0, 0.05) is 56.3 Å². The van der Waals surface area contributed by atoms with Gasteiger partial charge in [-0.1, -0.05) is 0 Å². The molecular weight excluding hydrogens is 372 g/mol. The van der Waals surface area contributed by atoms with Gasteiger partial charge in [-0.05, 0) is 44.1 Å². The maximum absolute atomic E-state index is 13.2. The monoisotopic (exact) mass is 400 g/mol. The number of pyridine rings is 1. The third kappa shape index (κ3) is 3.80. The van der Waals surface area contributed by atoms with E-state index in [1.165, 1.54) is 13.0 Å². The quantitative estimate of drug-likeness (QED) is 0.778. The number of nitrogens with zero attached hydrogens (tertiary/aromatic N) is 2. The topological polar surface area (TPSA) is 103 Å². The molecule has 4 atom stereocenters. The number of hydrogen-bond donors (Lipinski definition) is 2. The van der Waals surface area contributed by atoms with E-state index in [0.717, 1.165) is 19.3 Å². The Bertz CT molecular complexity index is 895. The van der Waals surface area contributed by atoms with E-state index < -0.39 is 0 Å². The van der Waals surface area contributed by atoms with Gasteiger partial charge in [-0.2, -0.15) is 0 Å². The maximum atomic E-state index is 13.2. The standard InChI is InChI=1S/C21H28N4O4/c1-12-6-14(8-19(27)23-12)21(29)24-10-15-7-16(11-24)18(9-22-13(2)26)25-17(15)4-3-5-20(25)28/h6,8,15-18H,3-5,7,9-11H2,1-2H3,(H,22,26)(H,23,27)/t15-,16+,17+,18+/m1/s1. The lowest BCUT2D eigenvalue weighted by molar-refractivity contribution is -0.151. The molecule has 29 heavy (non-hydrogen) atoms. The van der Waals surface area contributed by atoms with E-state index in [0.29, 0.717) is 37.3 Å². The zero-order chi connectivity index (χ0) is 20.7. The molecule has 0 saturated carbocycles. The zero-order valence-electron chi connectivity index (χ0n) is 16.9. The van der Waals surface area contributed by atoms with Crippen molar-refractivity contribution >= 4 is 17.7 Å². The Morgan fingerprint density at radius 2 is 1.97 bits per heavy atom. The molecule has 0 aromatic carbocycles. The number of aromatic nitrogens is 1. The Labute approximate surface area is 169 Å². The van der Waals surface area contributed by atoms with Crippen LogP contribution in [0.25, 0.3) is 0 Å². The van der Waals surface area contributed by atoms with Gasteiger partial charge >= 0.3 is 0 Å². The highest BCUT2D eigenvalue weighted by molar-refractivity contribution is 5.94. The van der Waals surface area contributed by atoms with Crippen LogP contribution >= 0.6 is 0 Å². The second-order valence-corrected chi connectivity index (χ2v) is 8.65. The smallest absolute Gasteiger partial charge is 0.254 e. The summed E-state index contributed by atoms with van der Waals surface area (Å²) >= 11 is 0. The first-order chi connectivity index (χ1) is 13.8. The van der Waals surface area contributed by atoms with Gasteiger partial charge in [0.25, 0.3) is 5.91 Å². The molecule has 156 valence electrons. The van der Waals surface area contributed by atoms with Crippen molar-refractivity contribution in [2.24, 2.45) is 11.8 Å². The summed E-state index contributed by atoms with van der Waals surface area (Å²) in [5.41, 5.74) is 0.782. The van der Waals surface area contributed by atoms with Crippen molar-refractivity contribution in [1.82, 2.24) is 20.1 Å². The second kappa shape index (κ2) is 7.65. The highest BCUT2D eigenvalue weighted by Gasteiger charge is 2.50. The predicted molar refractivity (Wildman–Crippen MR) is 106 cm³/mol. The number of likely N-dealkylation sites (tertiary alicyclic amines) is 1. The van der Waals surface area contributed by atoms with Crippen molar-refractivity contribution in [3.8, 4) is 0 Å². The molecule has 8 heteroatoms. The molecule has 4 rings (SSSR count). The zero-order valence-corrected chi connectivity index (χ0v) is 16.9. The number of fused-ring (bicyclic) bond motifs is 4. The first-order valence-electron chi connectivity index (χ1n) is 10.4. The van der Waals surface area contributed by atoms with Crippen LogP contribution in [0.4, 0.5) is 0 Å². The van der Waals surface area contributed by atoms with Crippen LogP contribution in [0.15, 0.2) is 16.9 Å². The van der Waals surface area contributed by atoms with Crippen molar-refractivity contribution in [3.05, 3.63) is 33.7 Å². The number of carbonyl (C=O) groups excluding carboxylic acids is 3. The van der Waals surface area contributed by atoms with Crippen molar-refractivity contribution < 1.29 is 14.4 Å². The molecule has 3 amide bonds. The summed E-state index contributed by atoms with van der Waals surface area (Å²) < 4.78 is 0. The summed E-state index contributed by atoms with van der Waals surface area (Å²) in [6.45, 7) is 4.79. The lowest BCUT2D eigenvalue weighted by Crippen LogP contribution is -2.67. The molecule has 2 bridgehead atoms. The number of amides is 3. The minimum Gasteiger partial charge on any atom is -0.354 e. The predicted octanol–water partition coefficient (Wildman–Crippen LogP) is 0.661. The number of rotatable bonds is 3. The Balaban J connectivity index is 1.61. The number of piperidine rings is 3. The Hall–Kier alpha value is -2.64. The summed E-state index contributed by atoms with van der Waals surface area (Å²) in [4.78, 5) is 55.7. The molecule has 0 unspecified atom stereocenters. The summed E-state index contributed by atoms with van der Waals surface area (Å²) in [6.07, 6.45) is 3.32. The average Bonchev–Trinajstić information content (AvgIpc) is 2.66. The molecular formula is C21H28N4O4. The number of aromatic amines is 1. The lowest BCUT2D eigenvalue weighted by atomic mass is 9.72. The van der Waals surface area contributed by atoms with Crippen LogP contribution in [0.3, 0.4) is 0 Å². The molecule has 8 nitrogen and oxygen atoms in total. The Morgan fingerprint density at radius 3 is 2.69 bits per heavy atom. The molecule has 4 heterocycles. The maximum Gasteiger partial charge on any atom is 0.254 e. The molecule has 3 fully saturated rings. The molecule has 2 N–H and O–H groups in total. The molecule has 3 saturated heterocycles. The van der Waals surface area contributed by atoms with Crippen LogP contribution in [-0.2, 0) is 9.59 Å². The largest absolute Gasteiger partial charge is 0.354 e. The van der Waals surface area contributed by atoms with Gasteiger partial charge < -0.3 is 20.1 Å². The van der Waals surface area contributed by atoms with E-state index in [2.05, 4.69) is 10.3 Å². The third-order valence-corrected chi connectivity index (χ3v) is 6.57. The fourth-order valence-corrected chi connectivity index (χ4v) is 5.44. The second-order valence-electron chi connectivity index (χ2n) is 8.65. The SMILES string of the molecule is CC(=O)NC[C@H]1[C@H]2C[C@H](CN(C(=O)c3cc(C)[nH]c(=O)c3)C2)[C@@H]2CCCC(=O)N21. The minimum absolute atomic E-state index is 0.0931. The number of nitrogens with one attached hydrogen (secondary N) is 2.